The van der Waals surface area contributed by atoms with Gasteiger partial charge < -0.3 is 0 Å². The highest BCUT2D eigenvalue weighted by molar-refractivity contribution is 7.76. The normalized spacial score (nSPS) is 21.0. The van der Waals surface area contributed by atoms with Crippen molar-refractivity contribution in [2.45, 2.75) is 51.6 Å². The van der Waals surface area contributed by atoms with Crippen LogP contribution in [0, 0.1) is 0 Å². The summed E-state index contributed by atoms with van der Waals surface area (Å²) in [4.78, 5) is 2.52. The summed E-state index contributed by atoms with van der Waals surface area (Å²) in [7, 11) is -2.87. The second-order valence-electron chi connectivity index (χ2n) is 7.09. The van der Waals surface area contributed by atoms with E-state index >= 15 is 0 Å². The fraction of sp³-hybridized carbons (Fsp3) is 0.455. The second kappa shape index (κ2) is 8.99. The van der Waals surface area contributed by atoms with Crippen molar-refractivity contribution in [1.29, 1.82) is 0 Å². The highest BCUT2D eigenvalue weighted by Crippen LogP contribution is 2.41. The topological polar surface area (TPSA) is 32.3 Å². The quantitative estimate of drug-likeness (QED) is 0.743. The highest BCUT2D eigenvalue weighted by Gasteiger charge is 2.36. The van der Waals surface area contributed by atoms with Gasteiger partial charge in [-0.1, -0.05) is 63.1 Å². The lowest BCUT2D eigenvalue weighted by Gasteiger charge is -2.41. The first-order valence-electron chi connectivity index (χ1n) is 9.92. The minimum Gasteiger partial charge on any atom is -0.299 e. The third kappa shape index (κ3) is 4.11. The predicted octanol–water partition coefficient (Wildman–Crippen LogP) is 4.16. The molecule has 0 aromatic heterocycles. The van der Waals surface area contributed by atoms with E-state index in [1.165, 1.54) is 19.3 Å². The zero-order valence-corrected chi connectivity index (χ0v) is 16.9. The van der Waals surface area contributed by atoms with Crippen molar-refractivity contribution >= 4 is 17.9 Å². The van der Waals surface area contributed by atoms with Crippen LogP contribution in [0.5, 0.6) is 0 Å². The van der Waals surface area contributed by atoms with Crippen LogP contribution in [0.1, 0.15) is 39.5 Å². The number of nitrogens with one attached hydrogen (secondary N) is 1. The van der Waals surface area contributed by atoms with E-state index in [1.54, 1.807) is 0 Å². The molecule has 1 aliphatic rings. The Kier molecular flexibility index (Phi) is 6.69. The highest BCUT2D eigenvalue weighted by atomic mass is 31.2. The monoisotopic (exact) mass is 370 g/mol. The van der Waals surface area contributed by atoms with Gasteiger partial charge in [-0.05, 0) is 50.2 Å². The van der Waals surface area contributed by atoms with Crippen molar-refractivity contribution in [1.82, 2.24) is 9.99 Å². The summed E-state index contributed by atoms with van der Waals surface area (Å²) in [5.74, 6) is 0. The molecular weight excluding hydrogens is 339 g/mol. The van der Waals surface area contributed by atoms with Crippen LogP contribution in [0.3, 0.4) is 0 Å². The van der Waals surface area contributed by atoms with Gasteiger partial charge in [0.15, 0.2) is 0 Å². The van der Waals surface area contributed by atoms with Gasteiger partial charge in [-0.3, -0.25) is 14.6 Å². The third-order valence-corrected chi connectivity index (χ3v) is 8.34. The predicted molar refractivity (Wildman–Crippen MR) is 112 cm³/mol. The minimum atomic E-state index is -2.87. The summed E-state index contributed by atoms with van der Waals surface area (Å²) < 4.78 is 14.3. The van der Waals surface area contributed by atoms with Crippen molar-refractivity contribution in [3.05, 3.63) is 60.7 Å². The number of benzene rings is 2. The summed E-state index contributed by atoms with van der Waals surface area (Å²) in [6.07, 6.45) is 4.74. The molecule has 1 aliphatic carbocycles. The average molecular weight is 370 g/mol. The first kappa shape index (κ1) is 19.4. The van der Waals surface area contributed by atoms with Gasteiger partial charge in [-0.2, -0.15) is 0 Å². The van der Waals surface area contributed by atoms with Gasteiger partial charge in [0.2, 0.25) is 7.29 Å². The molecular formula is C22H31N2OP. The Morgan fingerprint density at radius 2 is 1.38 bits per heavy atom. The van der Waals surface area contributed by atoms with Crippen molar-refractivity contribution < 1.29 is 4.57 Å². The lowest BCUT2D eigenvalue weighted by atomic mass is 9.90. The maximum Gasteiger partial charge on any atom is 0.204 e. The van der Waals surface area contributed by atoms with Gasteiger partial charge >= 0.3 is 0 Å². The van der Waals surface area contributed by atoms with Gasteiger partial charge in [0, 0.05) is 22.7 Å². The largest absolute Gasteiger partial charge is 0.299 e. The molecule has 2 aromatic carbocycles. The molecule has 0 bridgehead atoms. The summed E-state index contributed by atoms with van der Waals surface area (Å²) in [5.41, 5.74) is 0. The summed E-state index contributed by atoms with van der Waals surface area (Å²) in [6.45, 7) is 6.53. The smallest absolute Gasteiger partial charge is 0.204 e. The zero-order valence-electron chi connectivity index (χ0n) is 16.0. The molecule has 0 unspecified atom stereocenters. The van der Waals surface area contributed by atoms with Gasteiger partial charge in [0.25, 0.3) is 0 Å². The van der Waals surface area contributed by atoms with Crippen LogP contribution in [0.15, 0.2) is 60.7 Å². The minimum absolute atomic E-state index is 0.259. The molecule has 0 spiro atoms. The van der Waals surface area contributed by atoms with E-state index in [4.69, 9.17) is 0 Å². The molecule has 3 rings (SSSR count). The number of likely N-dealkylation sites (N-methyl/N-ethyl adjacent to an activating group) is 1. The number of hydrogen-bond acceptors (Lipinski definition) is 2. The van der Waals surface area contributed by atoms with Gasteiger partial charge in [-0.25, -0.2) is 0 Å². The SMILES string of the molecule is CCN(CC)[C@@H]1CCCC[C@H]1NP(=O)(c1ccccc1)c1ccccc1. The standard InChI is InChI=1S/C22H31N2OP/c1-3-24(4-2)22-18-12-11-17-21(22)23-26(25,19-13-7-5-8-14-19)20-15-9-6-10-16-20/h5-10,13-16,21-22H,3-4,11-12,17-18H2,1-2H3,(H,23,25)/t21-,22-/m1/s1. The molecule has 0 radical (unpaired) electrons. The van der Waals surface area contributed by atoms with E-state index in [1.807, 2.05) is 60.7 Å². The number of rotatable bonds is 7. The maximum absolute atomic E-state index is 14.3. The molecule has 0 amide bonds. The van der Waals surface area contributed by atoms with Crippen LogP contribution in [-0.4, -0.2) is 30.1 Å². The molecule has 0 aliphatic heterocycles. The fourth-order valence-electron chi connectivity index (χ4n) is 4.20. The zero-order chi connectivity index (χ0) is 18.4. The Labute approximate surface area is 158 Å². The van der Waals surface area contributed by atoms with Gasteiger partial charge in [0.1, 0.15) is 0 Å². The average Bonchev–Trinajstić information content (AvgIpc) is 2.71. The number of hydrogen-bond donors (Lipinski definition) is 1. The van der Waals surface area contributed by atoms with E-state index in [0.717, 1.165) is 30.1 Å². The molecule has 1 N–H and O–H groups in total. The molecule has 140 valence electrons. The Morgan fingerprint density at radius 1 is 0.885 bits per heavy atom. The molecule has 3 nitrogen and oxygen atoms in total. The Morgan fingerprint density at radius 3 is 1.88 bits per heavy atom. The molecule has 0 heterocycles. The molecule has 2 aromatic rings. The first-order chi connectivity index (χ1) is 12.7. The van der Waals surface area contributed by atoms with E-state index in [-0.39, 0.29) is 6.04 Å². The molecule has 0 saturated heterocycles. The number of nitrogens with zero attached hydrogens (tertiary/aromatic N) is 1. The van der Waals surface area contributed by atoms with Crippen molar-refractivity contribution in [3.8, 4) is 0 Å². The van der Waals surface area contributed by atoms with Crippen LogP contribution in [0.4, 0.5) is 0 Å². The van der Waals surface area contributed by atoms with Crippen LogP contribution < -0.4 is 15.7 Å². The summed E-state index contributed by atoms with van der Waals surface area (Å²) in [5, 5.41) is 5.47. The Balaban J connectivity index is 1.96. The molecule has 1 fully saturated rings. The Bertz CT molecular complexity index is 672. The molecule has 4 heteroatoms. The molecule has 26 heavy (non-hydrogen) atoms. The van der Waals surface area contributed by atoms with Crippen molar-refractivity contribution in [2.24, 2.45) is 0 Å². The van der Waals surface area contributed by atoms with Gasteiger partial charge in [0.05, 0.1) is 0 Å². The first-order valence-corrected chi connectivity index (χ1v) is 11.6. The van der Waals surface area contributed by atoms with Crippen LogP contribution in [-0.2, 0) is 4.57 Å². The van der Waals surface area contributed by atoms with E-state index in [9.17, 15) is 4.57 Å². The molecule has 2 atom stereocenters. The molecule has 1 saturated carbocycles. The van der Waals surface area contributed by atoms with Crippen LogP contribution >= 0.6 is 7.29 Å². The van der Waals surface area contributed by atoms with E-state index in [2.05, 4.69) is 23.8 Å². The maximum atomic E-state index is 14.3. The van der Waals surface area contributed by atoms with Crippen LogP contribution in [0.25, 0.3) is 0 Å². The van der Waals surface area contributed by atoms with Crippen molar-refractivity contribution in [3.63, 3.8) is 0 Å². The summed E-state index contributed by atoms with van der Waals surface area (Å²) >= 11 is 0. The third-order valence-electron chi connectivity index (χ3n) is 5.60. The van der Waals surface area contributed by atoms with Gasteiger partial charge in [-0.15, -0.1) is 0 Å². The fourth-order valence-corrected chi connectivity index (χ4v) is 6.75. The van der Waals surface area contributed by atoms with E-state index in [0.29, 0.717) is 6.04 Å². The Hall–Kier alpha value is -1.41. The lowest BCUT2D eigenvalue weighted by Crippen LogP contribution is -2.52. The van der Waals surface area contributed by atoms with Crippen molar-refractivity contribution in [2.75, 3.05) is 13.1 Å². The summed E-state index contributed by atoms with van der Waals surface area (Å²) in [6, 6.07) is 20.6. The van der Waals surface area contributed by atoms with E-state index < -0.39 is 7.29 Å². The van der Waals surface area contributed by atoms with Crippen LogP contribution in [0.2, 0.25) is 0 Å². The lowest BCUT2D eigenvalue weighted by molar-refractivity contribution is 0.144. The second-order valence-corrected chi connectivity index (χ2v) is 9.60.